The van der Waals surface area contributed by atoms with E-state index < -0.39 is 57.0 Å². The van der Waals surface area contributed by atoms with Crippen LogP contribution in [0.2, 0.25) is 0 Å². The Kier molecular flexibility index (Phi) is 10.1. The van der Waals surface area contributed by atoms with Crippen LogP contribution in [0.3, 0.4) is 0 Å². The number of nitrogens with zero attached hydrogens (tertiary/aromatic N) is 3. The SMILES string of the molecule is CCCCCCC(C(=O)N1C[C@@H](Oc2ccc3oc(C(=O)O)cc3c2)C[C@H]1C(=O)O)n1cnc(NC(=O)c2ccccc2S(=O)(=O)O)c1. The van der Waals surface area contributed by atoms with Gasteiger partial charge in [-0.2, -0.15) is 8.42 Å². The number of carbonyl (C=O) groups excluding carboxylic acids is 2. The zero-order chi connectivity index (χ0) is 34.6. The third-order valence-electron chi connectivity index (χ3n) is 8.06. The van der Waals surface area contributed by atoms with Crippen molar-refractivity contribution in [3.05, 3.63) is 72.4 Å². The Morgan fingerprint density at radius 2 is 1.85 bits per heavy atom. The molecule has 0 bridgehead atoms. The van der Waals surface area contributed by atoms with E-state index in [9.17, 15) is 42.4 Å². The van der Waals surface area contributed by atoms with E-state index in [2.05, 4.69) is 10.3 Å². The number of fused-ring (bicyclic) bond motifs is 1. The minimum atomic E-state index is -4.68. The van der Waals surface area contributed by atoms with E-state index in [0.29, 0.717) is 29.6 Å². The van der Waals surface area contributed by atoms with E-state index in [4.69, 9.17) is 9.15 Å². The number of carboxylic acids is 2. The number of likely N-dealkylation sites (tertiary alicyclic amines) is 1. The second-order valence-electron chi connectivity index (χ2n) is 11.4. The van der Waals surface area contributed by atoms with Crippen molar-refractivity contribution < 1.29 is 51.5 Å². The number of ether oxygens (including phenoxy) is 1. The molecule has 16 heteroatoms. The van der Waals surface area contributed by atoms with Gasteiger partial charge in [0, 0.05) is 18.0 Å². The molecule has 0 radical (unpaired) electrons. The molecular weight excluding hydrogens is 648 g/mol. The quantitative estimate of drug-likeness (QED) is 0.107. The minimum absolute atomic E-state index is 0.00579. The van der Waals surface area contributed by atoms with Crippen LogP contribution in [0, 0.1) is 0 Å². The predicted octanol–water partition coefficient (Wildman–Crippen LogP) is 4.47. The fraction of sp³-hybridized carbons (Fsp3) is 0.344. The number of hydrogen-bond donors (Lipinski definition) is 4. The monoisotopic (exact) mass is 682 g/mol. The standard InChI is InChI=1S/C32H34N4O11S/c1-2-3-4-5-9-23(35-17-28(33-18-35)34-29(37)22-8-6-7-10-27(22)48(43,44)45)30(38)36-16-21(15-24(36)31(39)40)46-20-11-12-25-19(13-20)14-26(47-25)32(41)42/h6-8,10-14,17-18,21,23-24H,2-5,9,15-16H2,1H3,(H,34,37)(H,39,40)(H,41,42)(H,43,44,45)/t21-,23?,24-/m0/s1. The largest absolute Gasteiger partial charge is 0.488 e. The number of aromatic carboxylic acids is 1. The van der Waals surface area contributed by atoms with E-state index in [1.165, 1.54) is 46.3 Å². The Bertz CT molecular complexity index is 1950. The lowest BCUT2D eigenvalue weighted by molar-refractivity contribution is -0.149. The molecule has 1 unspecified atom stereocenters. The first kappa shape index (κ1) is 34.1. The van der Waals surface area contributed by atoms with E-state index in [-0.39, 0.29) is 30.1 Å². The Morgan fingerprint density at radius 3 is 2.56 bits per heavy atom. The number of carboxylic acid groups (broad SMARTS) is 2. The maximum absolute atomic E-state index is 14.1. The van der Waals surface area contributed by atoms with Crippen molar-refractivity contribution >= 4 is 50.7 Å². The third-order valence-corrected chi connectivity index (χ3v) is 8.97. The summed E-state index contributed by atoms with van der Waals surface area (Å²) in [6.45, 7) is 2.01. The van der Waals surface area contributed by atoms with Crippen molar-refractivity contribution in [2.75, 3.05) is 11.9 Å². The number of nitrogens with one attached hydrogen (secondary N) is 1. The molecule has 0 aliphatic carbocycles. The van der Waals surface area contributed by atoms with Gasteiger partial charge in [-0.05, 0) is 42.8 Å². The van der Waals surface area contributed by atoms with Gasteiger partial charge in [0.2, 0.25) is 11.7 Å². The lowest BCUT2D eigenvalue weighted by atomic mass is 10.1. The molecule has 4 aromatic rings. The molecule has 1 saturated heterocycles. The van der Waals surface area contributed by atoms with Crippen LogP contribution in [0.15, 0.2) is 70.4 Å². The summed E-state index contributed by atoms with van der Waals surface area (Å²) >= 11 is 0. The second kappa shape index (κ2) is 14.3. The number of anilines is 1. The zero-order valence-electron chi connectivity index (χ0n) is 25.8. The number of carbonyl (C=O) groups is 4. The summed E-state index contributed by atoms with van der Waals surface area (Å²) in [6.07, 6.45) is 5.79. The van der Waals surface area contributed by atoms with Crippen molar-refractivity contribution in [3.8, 4) is 5.75 Å². The number of rotatable bonds is 14. The van der Waals surface area contributed by atoms with Crippen LogP contribution in [0.1, 0.15) is 72.4 Å². The Morgan fingerprint density at radius 1 is 1.08 bits per heavy atom. The summed E-state index contributed by atoms with van der Waals surface area (Å²) in [6, 6.07) is 9.11. The number of amides is 2. The molecule has 48 heavy (non-hydrogen) atoms. The number of unbranched alkanes of at least 4 members (excludes halogenated alkanes) is 3. The maximum Gasteiger partial charge on any atom is 0.371 e. The molecule has 3 atom stereocenters. The van der Waals surface area contributed by atoms with E-state index in [1.807, 2.05) is 6.92 Å². The summed E-state index contributed by atoms with van der Waals surface area (Å²) in [4.78, 5) is 55.5. The van der Waals surface area contributed by atoms with Gasteiger partial charge >= 0.3 is 11.9 Å². The summed E-state index contributed by atoms with van der Waals surface area (Å²) < 4.78 is 45.9. The van der Waals surface area contributed by atoms with Gasteiger partial charge in [-0.25, -0.2) is 14.6 Å². The summed E-state index contributed by atoms with van der Waals surface area (Å²) in [7, 11) is -4.68. The fourth-order valence-corrected chi connectivity index (χ4v) is 6.43. The summed E-state index contributed by atoms with van der Waals surface area (Å²) in [5.74, 6) is -3.62. The lowest BCUT2D eigenvalue weighted by Crippen LogP contribution is -2.44. The number of aliphatic carboxylic acids is 1. The number of furan rings is 1. The normalized spacial score (nSPS) is 16.9. The molecule has 1 aliphatic rings. The fourth-order valence-electron chi connectivity index (χ4n) is 5.74. The molecule has 3 heterocycles. The molecule has 0 spiro atoms. The molecule has 2 amide bonds. The lowest BCUT2D eigenvalue weighted by Gasteiger charge is -2.27. The van der Waals surface area contributed by atoms with Gasteiger partial charge in [-0.3, -0.25) is 14.1 Å². The van der Waals surface area contributed by atoms with Crippen molar-refractivity contribution in [2.45, 2.75) is 68.5 Å². The first-order valence-corrected chi connectivity index (χ1v) is 16.7. The molecular formula is C32H34N4O11S. The van der Waals surface area contributed by atoms with Crippen LogP contribution in [-0.4, -0.2) is 80.1 Å². The highest BCUT2D eigenvalue weighted by atomic mass is 32.2. The number of aromatic nitrogens is 2. The van der Waals surface area contributed by atoms with Crippen molar-refractivity contribution in [2.24, 2.45) is 0 Å². The molecule has 15 nitrogen and oxygen atoms in total. The summed E-state index contributed by atoms with van der Waals surface area (Å²) in [5, 5.41) is 22.2. The van der Waals surface area contributed by atoms with Crippen LogP contribution >= 0.6 is 0 Å². The van der Waals surface area contributed by atoms with Gasteiger partial charge in [-0.1, -0.05) is 44.7 Å². The number of hydrogen-bond acceptors (Lipinski definition) is 9. The van der Waals surface area contributed by atoms with Crippen molar-refractivity contribution in [3.63, 3.8) is 0 Å². The van der Waals surface area contributed by atoms with E-state index in [0.717, 1.165) is 25.3 Å². The van der Waals surface area contributed by atoms with Crippen LogP contribution < -0.4 is 10.1 Å². The molecule has 4 N–H and O–H groups in total. The van der Waals surface area contributed by atoms with Crippen molar-refractivity contribution in [1.82, 2.24) is 14.5 Å². The van der Waals surface area contributed by atoms with Crippen LogP contribution in [0.5, 0.6) is 5.75 Å². The highest BCUT2D eigenvalue weighted by molar-refractivity contribution is 7.86. The minimum Gasteiger partial charge on any atom is -0.488 e. The molecule has 0 saturated carbocycles. The molecule has 2 aromatic heterocycles. The Balaban J connectivity index is 1.35. The van der Waals surface area contributed by atoms with Crippen molar-refractivity contribution in [1.29, 1.82) is 0 Å². The Labute approximate surface area is 274 Å². The average Bonchev–Trinajstić information content (AvgIpc) is 3.79. The maximum atomic E-state index is 14.1. The smallest absolute Gasteiger partial charge is 0.371 e. The highest BCUT2D eigenvalue weighted by Crippen LogP contribution is 2.31. The van der Waals surface area contributed by atoms with Gasteiger partial charge in [0.05, 0.1) is 18.4 Å². The number of imidazole rings is 1. The zero-order valence-corrected chi connectivity index (χ0v) is 26.6. The molecule has 254 valence electrons. The molecule has 5 rings (SSSR count). The van der Waals surface area contributed by atoms with Crippen LogP contribution in [-0.2, 0) is 19.7 Å². The predicted molar refractivity (Wildman–Crippen MR) is 170 cm³/mol. The third kappa shape index (κ3) is 7.66. The average molecular weight is 683 g/mol. The molecule has 2 aromatic carbocycles. The van der Waals surface area contributed by atoms with Gasteiger partial charge in [-0.15, -0.1) is 0 Å². The number of benzene rings is 2. The van der Waals surface area contributed by atoms with Gasteiger partial charge in [0.25, 0.3) is 16.0 Å². The van der Waals surface area contributed by atoms with Gasteiger partial charge in [0.15, 0.2) is 5.82 Å². The molecule has 1 fully saturated rings. The van der Waals surface area contributed by atoms with E-state index in [1.54, 1.807) is 18.2 Å². The molecule has 1 aliphatic heterocycles. The first-order chi connectivity index (χ1) is 22.8. The van der Waals surface area contributed by atoms with Crippen LogP contribution in [0.4, 0.5) is 5.82 Å². The van der Waals surface area contributed by atoms with Crippen LogP contribution in [0.25, 0.3) is 11.0 Å². The Hall–Kier alpha value is -5.22. The van der Waals surface area contributed by atoms with Gasteiger partial charge in [0.1, 0.15) is 34.4 Å². The van der Waals surface area contributed by atoms with Gasteiger partial charge < -0.3 is 34.2 Å². The second-order valence-corrected chi connectivity index (χ2v) is 12.8. The topological polar surface area (TPSA) is 219 Å². The van der Waals surface area contributed by atoms with E-state index >= 15 is 0 Å². The first-order valence-electron chi connectivity index (χ1n) is 15.2. The highest BCUT2D eigenvalue weighted by Gasteiger charge is 2.43. The summed E-state index contributed by atoms with van der Waals surface area (Å²) in [5.41, 5.74) is 0.0410.